The average molecular weight is 393 g/mol. The molecule has 1 heterocycles. The predicted octanol–water partition coefficient (Wildman–Crippen LogP) is 5.22. The summed E-state index contributed by atoms with van der Waals surface area (Å²) in [6.45, 7) is 5.11. The van der Waals surface area contributed by atoms with Crippen LogP contribution >= 0.6 is 0 Å². The zero-order valence-corrected chi connectivity index (χ0v) is 17.6. The van der Waals surface area contributed by atoms with E-state index in [4.69, 9.17) is 9.73 Å². The maximum Gasteiger partial charge on any atom is 0.331 e. The quantitative estimate of drug-likeness (QED) is 0.411. The van der Waals surface area contributed by atoms with Crippen LogP contribution in [-0.2, 0) is 16.1 Å². The summed E-state index contributed by atoms with van der Waals surface area (Å²) in [6, 6.07) is 20.0. The molecule has 0 fully saturated rings. The first-order valence-corrected chi connectivity index (χ1v) is 10.8. The van der Waals surface area contributed by atoms with E-state index in [2.05, 4.69) is 36.1 Å². The summed E-state index contributed by atoms with van der Waals surface area (Å²) < 4.78 is 5.48. The van der Waals surface area contributed by atoms with Crippen molar-refractivity contribution in [3.8, 4) is 0 Å². The molecule has 1 aliphatic heterocycles. The molecule has 2 atom stereocenters. The van der Waals surface area contributed by atoms with Gasteiger partial charge in [-0.3, -0.25) is 4.99 Å². The van der Waals surface area contributed by atoms with Crippen LogP contribution in [0.5, 0.6) is 0 Å². The first kappa shape index (κ1) is 21.1. The Bertz CT molecular complexity index is 789. The van der Waals surface area contributed by atoms with Crippen molar-refractivity contribution < 1.29 is 9.53 Å². The molecule has 0 aliphatic carbocycles. The minimum absolute atomic E-state index is 0.0650. The van der Waals surface area contributed by atoms with E-state index >= 15 is 0 Å². The summed E-state index contributed by atoms with van der Waals surface area (Å²) in [6.07, 6.45) is 5.59. The van der Waals surface area contributed by atoms with E-state index in [1.165, 1.54) is 19.3 Å². The molecular formula is C25H32N2O2. The molecule has 0 unspecified atom stereocenters. The van der Waals surface area contributed by atoms with Crippen LogP contribution < -0.4 is 0 Å². The number of benzene rings is 2. The van der Waals surface area contributed by atoms with Crippen molar-refractivity contribution in [3.05, 3.63) is 71.8 Å². The van der Waals surface area contributed by atoms with Crippen LogP contribution in [0.25, 0.3) is 0 Å². The van der Waals surface area contributed by atoms with Gasteiger partial charge in [-0.15, -0.1) is 0 Å². The topological polar surface area (TPSA) is 41.9 Å². The molecule has 1 aliphatic rings. The van der Waals surface area contributed by atoms with Crippen LogP contribution in [0, 0.1) is 0 Å². The Balaban J connectivity index is 1.91. The Morgan fingerprint density at radius 2 is 1.66 bits per heavy atom. The van der Waals surface area contributed by atoms with Crippen molar-refractivity contribution >= 4 is 11.8 Å². The first-order chi connectivity index (χ1) is 14.2. The highest BCUT2D eigenvalue weighted by molar-refractivity contribution is 6.03. The summed E-state index contributed by atoms with van der Waals surface area (Å²) in [4.78, 5) is 20.2. The molecule has 0 aromatic heterocycles. The number of carbonyl (C=O) groups is 1. The van der Waals surface area contributed by atoms with E-state index in [0.717, 1.165) is 29.8 Å². The summed E-state index contributed by atoms with van der Waals surface area (Å²) >= 11 is 0. The highest BCUT2D eigenvalue weighted by atomic mass is 16.5. The number of esters is 1. The molecule has 3 rings (SSSR count). The Hall–Kier alpha value is -2.62. The minimum Gasteiger partial charge on any atom is -0.464 e. The summed E-state index contributed by atoms with van der Waals surface area (Å²) in [7, 11) is 0. The van der Waals surface area contributed by atoms with Gasteiger partial charge in [-0.05, 0) is 18.9 Å². The number of unbranched alkanes of at least 4 members (excludes halogenated alkanes) is 3. The second-order valence-corrected chi connectivity index (χ2v) is 7.55. The molecule has 0 saturated heterocycles. The lowest BCUT2D eigenvalue weighted by molar-refractivity contribution is -0.148. The third-order valence-corrected chi connectivity index (χ3v) is 5.37. The highest BCUT2D eigenvalue weighted by Gasteiger charge is 2.42. The van der Waals surface area contributed by atoms with E-state index < -0.39 is 0 Å². The van der Waals surface area contributed by atoms with Gasteiger partial charge < -0.3 is 9.64 Å². The maximum absolute atomic E-state index is 13.0. The molecule has 0 bridgehead atoms. The van der Waals surface area contributed by atoms with Crippen molar-refractivity contribution in [1.82, 2.24) is 4.90 Å². The van der Waals surface area contributed by atoms with Gasteiger partial charge in [0, 0.05) is 12.1 Å². The Morgan fingerprint density at radius 3 is 2.31 bits per heavy atom. The molecule has 2 aromatic rings. The number of ether oxygens (including phenoxy) is 1. The van der Waals surface area contributed by atoms with Crippen LogP contribution in [0.4, 0.5) is 0 Å². The third-order valence-electron chi connectivity index (χ3n) is 5.37. The van der Waals surface area contributed by atoms with Crippen LogP contribution in [0.2, 0.25) is 0 Å². The van der Waals surface area contributed by atoms with Gasteiger partial charge in [-0.25, -0.2) is 4.79 Å². The van der Waals surface area contributed by atoms with Crippen molar-refractivity contribution in [1.29, 1.82) is 0 Å². The van der Waals surface area contributed by atoms with E-state index in [-0.39, 0.29) is 18.1 Å². The van der Waals surface area contributed by atoms with Gasteiger partial charge >= 0.3 is 5.97 Å². The zero-order chi connectivity index (χ0) is 20.5. The fraction of sp³-hybridized carbons (Fsp3) is 0.440. The molecular weight excluding hydrogens is 360 g/mol. The lowest BCUT2D eigenvalue weighted by atomic mass is 10.0. The Labute approximate surface area is 174 Å². The first-order valence-electron chi connectivity index (χ1n) is 10.8. The van der Waals surface area contributed by atoms with Crippen molar-refractivity contribution in [2.24, 2.45) is 4.99 Å². The molecule has 0 spiro atoms. The van der Waals surface area contributed by atoms with Gasteiger partial charge in [0.15, 0.2) is 6.04 Å². The van der Waals surface area contributed by atoms with E-state index in [1.807, 2.05) is 43.3 Å². The number of rotatable bonds is 10. The molecule has 0 amide bonds. The number of hydrogen-bond acceptors (Lipinski definition) is 4. The normalized spacial score (nSPS) is 18.6. The van der Waals surface area contributed by atoms with E-state index in [9.17, 15) is 4.79 Å². The summed E-state index contributed by atoms with van der Waals surface area (Å²) in [5.41, 5.74) is 2.21. The monoisotopic (exact) mass is 392 g/mol. The number of nitrogens with zero attached hydrogens (tertiary/aromatic N) is 2. The van der Waals surface area contributed by atoms with E-state index in [1.54, 1.807) is 0 Å². The van der Waals surface area contributed by atoms with Crippen molar-refractivity contribution in [2.75, 3.05) is 6.61 Å². The fourth-order valence-corrected chi connectivity index (χ4v) is 3.94. The molecule has 2 aromatic carbocycles. The lowest BCUT2D eigenvalue weighted by Crippen LogP contribution is -2.46. The number of carbonyl (C=O) groups excluding carboxylic acids is 1. The second-order valence-electron chi connectivity index (χ2n) is 7.55. The SMILES string of the molecule is CCCCCC[C@@H]1N=C(c2ccccc2)N(Cc2ccccc2)[C@H]1C(=O)OCC. The van der Waals surface area contributed by atoms with Gasteiger partial charge in [0.25, 0.3) is 0 Å². The summed E-state index contributed by atoms with van der Waals surface area (Å²) in [5, 5.41) is 0. The van der Waals surface area contributed by atoms with Gasteiger partial charge in [0.05, 0.1) is 12.6 Å². The molecule has 4 heteroatoms. The largest absolute Gasteiger partial charge is 0.464 e. The molecule has 4 nitrogen and oxygen atoms in total. The van der Waals surface area contributed by atoms with Crippen LogP contribution in [0.1, 0.15) is 57.1 Å². The fourth-order valence-electron chi connectivity index (χ4n) is 3.94. The molecule has 29 heavy (non-hydrogen) atoms. The number of amidine groups is 1. The minimum atomic E-state index is -0.369. The number of aliphatic imine (C=N–C) groups is 1. The predicted molar refractivity (Wildman–Crippen MR) is 118 cm³/mol. The number of hydrogen-bond donors (Lipinski definition) is 0. The molecule has 0 N–H and O–H groups in total. The van der Waals surface area contributed by atoms with Gasteiger partial charge in [0.2, 0.25) is 0 Å². The molecule has 0 saturated carbocycles. The smallest absolute Gasteiger partial charge is 0.331 e. The van der Waals surface area contributed by atoms with Crippen LogP contribution in [0.15, 0.2) is 65.7 Å². The lowest BCUT2D eigenvalue weighted by Gasteiger charge is -2.29. The van der Waals surface area contributed by atoms with Gasteiger partial charge in [-0.1, -0.05) is 93.3 Å². The summed E-state index contributed by atoms with van der Waals surface area (Å²) in [5.74, 6) is 0.728. The zero-order valence-electron chi connectivity index (χ0n) is 17.6. The van der Waals surface area contributed by atoms with Gasteiger partial charge in [-0.2, -0.15) is 0 Å². The average Bonchev–Trinajstić information content (AvgIpc) is 3.11. The second kappa shape index (κ2) is 10.8. The van der Waals surface area contributed by atoms with Crippen molar-refractivity contribution in [3.63, 3.8) is 0 Å². The van der Waals surface area contributed by atoms with E-state index in [0.29, 0.717) is 13.2 Å². The van der Waals surface area contributed by atoms with Crippen LogP contribution in [0.3, 0.4) is 0 Å². The molecule has 154 valence electrons. The molecule has 0 radical (unpaired) electrons. The third kappa shape index (κ3) is 5.47. The highest BCUT2D eigenvalue weighted by Crippen LogP contribution is 2.28. The standard InChI is InChI=1S/C25H32N2O2/c1-3-5-6-13-18-22-23(25(28)29-4-2)27(19-20-14-9-7-10-15-20)24(26-22)21-16-11-8-12-17-21/h7-12,14-17,22-23H,3-6,13,18-19H2,1-2H3/t22-,23+/m0/s1. The van der Waals surface area contributed by atoms with Crippen LogP contribution in [-0.4, -0.2) is 35.4 Å². The van der Waals surface area contributed by atoms with Crippen molar-refractivity contribution in [2.45, 2.75) is 64.6 Å². The maximum atomic E-state index is 13.0. The Kier molecular flexibility index (Phi) is 7.85. The Morgan fingerprint density at radius 1 is 0.966 bits per heavy atom. The van der Waals surface area contributed by atoms with Gasteiger partial charge in [0.1, 0.15) is 5.84 Å².